The average molecular weight is 459 g/mol. The van der Waals surface area contributed by atoms with E-state index in [4.69, 9.17) is 9.47 Å². The fourth-order valence-corrected chi connectivity index (χ4v) is 3.55. The van der Waals surface area contributed by atoms with Gasteiger partial charge in [0.1, 0.15) is 0 Å². The van der Waals surface area contributed by atoms with Crippen molar-refractivity contribution >= 4 is 18.3 Å². The summed E-state index contributed by atoms with van der Waals surface area (Å²) in [4.78, 5) is 13.6. The van der Waals surface area contributed by atoms with Crippen molar-refractivity contribution in [3.8, 4) is 23.2 Å². The second-order valence-corrected chi connectivity index (χ2v) is 7.31. The number of carbonyl (C=O) groups is 1. The number of amides is 1. The van der Waals surface area contributed by atoms with Crippen LogP contribution in [0.2, 0.25) is 0 Å². The van der Waals surface area contributed by atoms with Crippen LogP contribution in [0.5, 0.6) is 17.5 Å². The molecule has 1 N–H and O–H groups in total. The smallest absolute Gasteiger partial charge is 0.346 e. The molecule has 1 aromatic heterocycles. The van der Waals surface area contributed by atoms with E-state index >= 15 is 0 Å². The van der Waals surface area contributed by atoms with Gasteiger partial charge in [0.2, 0.25) is 5.91 Å². The van der Waals surface area contributed by atoms with Crippen LogP contribution in [-0.2, 0) is 11.3 Å². The van der Waals surface area contributed by atoms with E-state index in [9.17, 15) is 4.79 Å². The minimum Gasteiger partial charge on any atom is -0.493 e. The number of rotatable bonds is 10. The number of tetrazole rings is 1. The molecule has 0 atom stereocenters. The molecule has 0 bridgehead atoms. The molecule has 1 amide bonds. The molecule has 0 unspecified atom stereocenters. The Hall–Kier alpha value is -3.17. The second-order valence-electron chi connectivity index (χ2n) is 7.31. The first-order valence-electron chi connectivity index (χ1n) is 10.4. The van der Waals surface area contributed by atoms with Gasteiger partial charge in [-0.3, -0.25) is 4.79 Å². The number of aromatic nitrogens is 4. The third-order valence-corrected chi connectivity index (χ3v) is 5.15. The van der Waals surface area contributed by atoms with E-state index in [1.165, 1.54) is 4.68 Å². The SMILES string of the molecule is COc1cc(CNCCCN2CCCC2=O)ccc1Oc1nnnn1-c1ccccc1.Cl. The van der Waals surface area contributed by atoms with Gasteiger partial charge in [0.05, 0.1) is 12.8 Å². The highest BCUT2D eigenvalue weighted by Gasteiger charge is 2.19. The summed E-state index contributed by atoms with van der Waals surface area (Å²) in [5.74, 6) is 1.41. The molecule has 32 heavy (non-hydrogen) atoms. The van der Waals surface area contributed by atoms with Crippen molar-refractivity contribution in [1.29, 1.82) is 0 Å². The summed E-state index contributed by atoms with van der Waals surface area (Å²) in [6.07, 6.45) is 2.61. The summed E-state index contributed by atoms with van der Waals surface area (Å²) in [5, 5.41) is 15.1. The van der Waals surface area contributed by atoms with Crippen LogP contribution in [-0.4, -0.2) is 57.8 Å². The molecule has 3 aromatic rings. The van der Waals surface area contributed by atoms with Crippen molar-refractivity contribution in [3.05, 3.63) is 54.1 Å². The van der Waals surface area contributed by atoms with Crippen LogP contribution < -0.4 is 14.8 Å². The molecule has 1 saturated heterocycles. The van der Waals surface area contributed by atoms with Crippen molar-refractivity contribution in [3.63, 3.8) is 0 Å². The summed E-state index contributed by atoms with van der Waals surface area (Å²) in [7, 11) is 1.60. The van der Waals surface area contributed by atoms with Gasteiger partial charge >= 0.3 is 6.01 Å². The van der Waals surface area contributed by atoms with E-state index in [0.29, 0.717) is 24.5 Å². The first-order chi connectivity index (χ1) is 15.2. The van der Waals surface area contributed by atoms with Crippen LogP contribution in [0, 0.1) is 0 Å². The maximum Gasteiger partial charge on any atom is 0.346 e. The molecule has 0 spiro atoms. The number of carbonyl (C=O) groups excluding carboxylic acids is 1. The van der Waals surface area contributed by atoms with Gasteiger partial charge in [-0.2, -0.15) is 4.68 Å². The summed E-state index contributed by atoms with van der Waals surface area (Å²) in [6, 6.07) is 15.6. The van der Waals surface area contributed by atoms with Crippen LogP contribution in [0.1, 0.15) is 24.8 Å². The topological polar surface area (TPSA) is 94.4 Å². The molecule has 170 valence electrons. The second kappa shape index (κ2) is 11.4. The quantitative estimate of drug-likeness (QED) is 0.466. The Morgan fingerprint density at radius 1 is 1.12 bits per heavy atom. The lowest BCUT2D eigenvalue weighted by Crippen LogP contribution is -2.28. The first kappa shape index (κ1) is 23.5. The number of halogens is 1. The Labute approximate surface area is 193 Å². The lowest BCUT2D eigenvalue weighted by molar-refractivity contribution is -0.127. The van der Waals surface area contributed by atoms with E-state index in [-0.39, 0.29) is 24.3 Å². The van der Waals surface area contributed by atoms with Crippen LogP contribution in [0.15, 0.2) is 48.5 Å². The zero-order chi connectivity index (χ0) is 21.5. The van der Waals surface area contributed by atoms with Gasteiger partial charge in [-0.15, -0.1) is 12.4 Å². The number of ether oxygens (including phenoxy) is 2. The lowest BCUT2D eigenvalue weighted by Gasteiger charge is -2.15. The van der Waals surface area contributed by atoms with Crippen molar-refractivity contribution in [2.24, 2.45) is 0 Å². The van der Waals surface area contributed by atoms with Gasteiger partial charge in [-0.1, -0.05) is 29.4 Å². The predicted molar refractivity (Wildman–Crippen MR) is 122 cm³/mol. The number of benzene rings is 2. The molecular formula is C22H27ClN6O3. The minimum atomic E-state index is 0. The minimum absolute atomic E-state index is 0. The number of methoxy groups -OCH3 is 1. The summed E-state index contributed by atoms with van der Waals surface area (Å²) < 4.78 is 13.0. The van der Waals surface area contributed by atoms with Gasteiger partial charge in [-0.05, 0) is 59.6 Å². The summed E-state index contributed by atoms with van der Waals surface area (Å²) in [6.45, 7) is 3.26. The van der Waals surface area contributed by atoms with Gasteiger partial charge in [0.15, 0.2) is 11.5 Å². The highest BCUT2D eigenvalue weighted by Crippen LogP contribution is 2.32. The zero-order valence-electron chi connectivity index (χ0n) is 17.9. The number of nitrogens with zero attached hydrogens (tertiary/aromatic N) is 5. The molecule has 2 heterocycles. The van der Waals surface area contributed by atoms with Gasteiger partial charge in [0, 0.05) is 26.1 Å². The van der Waals surface area contributed by atoms with E-state index in [1.807, 2.05) is 53.4 Å². The van der Waals surface area contributed by atoms with E-state index < -0.39 is 0 Å². The third kappa shape index (κ3) is 5.74. The van der Waals surface area contributed by atoms with E-state index in [1.54, 1.807) is 7.11 Å². The van der Waals surface area contributed by atoms with Crippen LogP contribution >= 0.6 is 12.4 Å². The molecule has 1 aliphatic rings. The Morgan fingerprint density at radius 3 is 2.72 bits per heavy atom. The Balaban J connectivity index is 0.00000289. The maximum atomic E-state index is 11.6. The van der Waals surface area contributed by atoms with Crippen LogP contribution in [0.25, 0.3) is 5.69 Å². The monoisotopic (exact) mass is 458 g/mol. The molecule has 2 aromatic carbocycles. The van der Waals surface area contributed by atoms with Crippen molar-refractivity contribution in [2.75, 3.05) is 26.7 Å². The van der Waals surface area contributed by atoms with Crippen molar-refractivity contribution in [1.82, 2.24) is 30.4 Å². The number of para-hydroxylation sites is 1. The van der Waals surface area contributed by atoms with Gasteiger partial charge in [-0.25, -0.2) is 0 Å². The maximum absolute atomic E-state index is 11.6. The molecule has 0 radical (unpaired) electrons. The van der Waals surface area contributed by atoms with E-state index in [0.717, 1.165) is 43.7 Å². The average Bonchev–Trinajstić information content (AvgIpc) is 3.43. The first-order valence-corrected chi connectivity index (χ1v) is 10.4. The predicted octanol–water partition coefficient (Wildman–Crippen LogP) is 2.99. The standard InChI is InChI=1S/C22H26N6O3.ClH/c1-30-20-15-17(16-23-12-6-14-27-13-5-9-21(27)29)10-11-19(20)31-22-24-25-26-28(22)18-7-3-2-4-8-18;/h2-4,7-8,10-11,15,23H,5-6,9,12-14,16H2,1H3;1H. The number of nitrogens with one attached hydrogen (secondary N) is 1. The largest absolute Gasteiger partial charge is 0.493 e. The zero-order valence-corrected chi connectivity index (χ0v) is 18.8. The number of likely N-dealkylation sites (tertiary alicyclic amines) is 1. The van der Waals surface area contributed by atoms with Crippen LogP contribution in [0.4, 0.5) is 0 Å². The van der Waals surface area contributed by atoms with Crippen molar-refractivity contribution < 1.29 is 14.3 Å². The van der Waals surface area contributed by atoms with Gasteiger partial charge in [0.25, 0.3) is 0 Å². The Morgan fingerprint density at radius 2 is 1.97 bits per heavy atom. The molecule has 9 nitrogen and oxygen atoms in total. The normalized spacial score (nSPS) is 13.2. The highest BCUT2D eigenvalue weighted by atomic mass is 35.5. The molecule has 10 heteroatoms. The molecular weight excluding hydrogens is 432 g/mol. The number of hydrogen-bond donors (Lipinski definition) is 1. The van der Waals surface area contributed by atoms with Gasteiger partial charge < -0.3 is 19.7 Å². The van der Waals surface area contributed by atoms with Crippen LogP contribution in [0.3, 0.4) is 0 Å². The lowest BCUT2D eigenvalue weighted by atomic mass is 10.2. The molecule has 4 rings (SSSR count). The summed E-state index contributed by atoms with van der Waals surface area (Å²) >= 11 is 0. The Bertz CT molecular complexity index is 1010. The highest BCUT2D eigenvalue weighted by molar-refractivity contribution is 5.85. The molecule has 1 fully saturated rings. The van der Waals surface area contributed by atoms with E-state index in [2.05, 4.69) is 20.8 Å². The number of hydrogen-bond acceptors (Lipinski definition) is 7. The molecule has 1 aliphatic heterocycles. The molecule has 0 aliphatic carbocycles. The fourth-order valence-electron chi connectivity index (χ4n) is 3.55. The third-order valence-electron chi connectivity index (χ3n) is 5.15. The molecule has 0 saturated carbocycles. The van der Waals surface area contributed by atoms with Crippen molar-refractivity contribution in [2.45, 2.75) is 25.8 Å². The Kier molecular flexibility index (Phi) is 8.41. The summed E-state index contributed by atoms with van der Waals surface area (Å²) in [5.41, 5.74) is 1.88. The fraction of sp³-hybridized carbons (Fsp3) is 0.364.